The first-order valence-electron chi connectivity index (χ1n) is 10.9. The van der Waals surface area contributed by atoms with E-state index in [4.69, 9.17) is 4.74 Å². The van der Waals surface area contributed by atoms with Gasteiger partial charge in [-0.1, -0.05) is 24.3 Å². The molecular weight excluding hydrogens is 408 g/mol. The molecule has 0 radical (unpaired) electrons. The second-order valence-corrected chi connectivity index (χ2v) is 8.15. The van der Waals surface area contributed by atoms with Crippen LogP contribution in [0.4, 0.5) is 0 Å². The van der Waals surface area contributed by atoms with E-state index < -0.39 is 11.1 Å². The number of hydrogen-bond donors (Lipinski definition) is 2. The minimum absolute atomic E-state index is 0.241. The topological polar surface area (TPSA) is 96.4 Å². The number of aromatic amines is 1. The average molecular weight is 437 g/mol. The molecule has 1 fully saturated rings. The molecule has 0 spiro atoms. The molecule has 4 rings (SSSR count). The summed E-state index contributed by atoms with van der Waals surface area (Å²) in [5.74, 6) is -0.241. The highest BCUT2D eigenvalue weighted by molar-refractivity contribution is 5.97. The Morgan fingerprint density at radius 1 is 1.19 bits per heavy atom. The molecule has 2 N–H and O–H groups in total. The molecule has 1 unspecified atom stereocenters. The fourth-order valence-electron chi connectivity index (χ4n) is 4.15. The number of carbonyl (C=O) groups excluding carboxylic acids is 1. The molecule has 3 aromatic rings. The number of aromatic nitrogens is 2. The number of carbonyl (C=O) groups is 1. The number of hydrogen-bond acceptors (Lipinski definition) is 5. The Kier molecular flexibility index (Phi) is 6.53. The SMILES string of the molecule is CCn1c(=O)c(=O)[nH]c2cc(C(=O)NCc3cccc(CN4CCOC(C)C4)c3)ccc21. The molecule has 8 heteroatoms. The maximum atomic E-state index is 12.7. The van der Waals surface area contributed by atoms with Crippen molar-refractivity contribution in [3.8, 4) is 0 Å². The fourth-order valence-corrected chi connectivity index (χ4v) is 4.15. The molecule has 0 aliphatic carbocycles. The summed E-state index contributed by atoms with van der Waals surface area (Å²) in [7, 11) is 0. The summed E-state index contributed by atoms with van der Waals surface area (Å²) >= 11 is 0. The minimum atomic E-state index is -0.691. The normalized spacial score (nSPS) is 16.9. The van der Waals surface area contributed by atoms with E-state index in [1.54, 1.807) is 25.1 Å². The van der Waals surface area contributed by atoms with E-state index >= 15 is 0 Å². The van der Waals surface area contributed by atoms with Crippen LogP contribution in [0.15, 0.2) is 52.1 Å². The highest BCUT2D eigenvalue weighted by Crippen LogP contribution is 2.14. The summed E-state index contributed by atoms with van der Waals surface area (Å²) in [6, 6.07) is 13.2. The largest absolute Gasteiger partial charge is 0.376 e. The highest BCUT2D eigenvalue weighted by atomic mass is 16.5. The predicted molar refractivity (Wildman–Crippen MR) is 123 cm³/mol. The lowest BCUT2D eigenvalue weighted by molar-refractivity contribution is -0.0212. The first kappa shape index (κ1) is 22.0. The number of morpholine rings is 1. The number of rotatable bonds is 6. The van der Waals surface area contributed by atoms with E-state index in [9.17, 15) is 14.4 Å². The number of fused-ring (bicyclic) bond motifs is 1. The van der Waals surface area contributed by atoms with Crippen molar-refractivity contribution in [1.29, 1.82) is 0 Å². The zero-order chi connectivity index (χ0) is 22.7. The number of amides is 1. The highest BCUT2D eigenvalue weighted by Gasteiger charge is 2.17. The van der Waals surface area contributed by atoms with Crippen LogP contribution < -0.4 is 16.4 Å². The van der Waals surface area contributed by atoms with Crippen LogP contribution in [0.2, 0.25) is 0 Å². The molecule has 32 heavy (non-hydrogen) atoms. The van der Waals surface area contributed by atoms with Crippen LogP contribution >= 0.6 is 0 Å². The summed E-state index contributed by atoms with van der Waals surface area (Å²) in [5, 5.41) is 2.94. The molecule has 0 saturated carbocycles. The molecule has 1 saturated heterocycles. The molecule has 1 amide bonds. The van der Waals surface area contributed by atoms with Crippen molar-refractivity contribution >= 4 is 16.9 Å². The van der Waals surface area contributed by atoms with Crippen LogP contribution in [0.1, 0.15) is 35.3 Å². The molecule has 1 atom stereocenters. The van der Waals surface area contributed by atoms with Crippen molar-refractivity contribution < 1.29 is 9.53 Å². The van der Waals surface area contributed by atoms with Crippen LogP contribution in [0.5, 0.6) is 0 Å². The van der Waals surface area contributed by atoms with Gasteiger partial charge < -0.3 is 19.6 Å². The van der Waals surface area contributed by atoms with Gasteiger partial charge >= 0.3 is 11.1 Å². The van der Waals surface area contributed by atoms with Gasteiger partial charge in [-0.05, 0) is 43.2 Å². The number of H-pyrrole nitrogens is 1. The van der Waals surface area contributed by atoms with E-state index in [1.807, 2.05) is 12.1 Å². The van der Waals surface area contributed by atoms with Gasteiger partial charge in [0.1, 0.15) is 0 Å². The number of benzene rings is 2. The van der Waals surface area contributed by atoms with Crippen LogP contribution in [0, 0.1) is 0 Å². The van der Waals surface area contributed by atoms with Gasteiger partial charge in [-0.3, -0.25) is 19.3 Å². The number of aryl methyl sites for hydroxylation is 1. The van der Waals surface area contributed by atoms with Crippen molar-refractivity contribution in [2.45, 2.75) is 39.6 Å². The van der Waals surface area contributed by atoms with Crippen molar-refractivity contribution in [1.82, 2.24) is 19.8 Å². The number of ether oxygens (including phenoxy) is 1. The summed E-state index contributed by atoms with van der Waals surface area (Å²) in [6.07, 6.45) is 0.246. The Bertz CT molecular complexity index is 1250. The zero-order valence-corrected chi connectivity index (χ0v) is 18.4. The quantitative estimate of drug-likeness (QED) is 0.575. The van der Waals surface area contributed by atoms with Crippen molar-refractivity contribution in [3.05, 3.63) is 79.9 Å². The van der Waals surface area contributed by atoms with Crippen molar-refractivity contribution in [3.63, 3.8) is 0 Å². The Labute approximate surface area is 185 Å². The molecule has 168 valence electrons. The fraction of sp³-hybridized carbons (Fsp3) is 0.375. The molecule has 8 nitrogen and oxygen atoms in total. The monoisotopic (exact) mass is 436 g/mol. The Morgan fingerprint density at radius 3 is 2.78 bits per heavy atom. The van der Waals surface area contributed by atoms with E-state index in [1.165, 1.54) is 10.1 Å². The van der Waals surface area contributed by atoms with Gasteiger partial charge in [0.25, 0.3) is 5.91 Å². The third kappa shape index (κ3) is 4.81. The lowest BCUT2D eigenvalue weighted by Crippen LogP contribution is -2.40. The van der Waals surface area contributed by atoms with Gasteiger partial charge in [0, 0.05) is 38.3 Å². The summed E-state index contributed by atoms with van der Waals surface area (Å²) < 4.78 is 7.00. The molecule has 2 aromatic carbocycles. The zero-order valence-electron chi connectivity index (χ0n) is 18.4. The standard InChI is InChI=1S/C24H28N4O4/c1-3-28-21-8-7-19(12-20(21)26-23(30)24(28)31)22(29)25-13-17-5-4-6-18(11-17)15-27-9-10-32-16(2)14-27/h4-8,11-12,16H,3,9-10,13-15H2,1-2H3,(H,25,29)(H,26,30). The van der Waals surface area contributed by atoms with E-state index in [-0.39, 0.29) is 12.0 Å². The van der Waals surface area contributed by atoms with E-state index in [0.717, 1.165) is 31.8 Å². The Balaban J connectivity index is 1.44. The molecule has 1 aliphatic heterocycles. The van der Waals surface area contributed by atoms with Crippen LogP contribution in [0.3, 0.4) is 0 Å². The second-order valence-electron chi connectivity index (χ2n) is 8.15. The first-order chi connectivity index (χ1) is 15.4. The molecule has 2 heterocycles. The minimum Gasteiger partial charge on any atom is -0.376 e. The third-order valence-corrected chi connectivity index (χ3v) is 5.73. The lowest BCUT2D eigenvalue weighted by atomic mass is 10.1. The number of nitrogens with one attached hydrogen (secondary N) is 2. The van der Waals surface area contributed by atoms with Gasteiger partial charge in [-0.15, -0.1) is 0 Å². The predicted octanol–water partition coefficient (Wildman–Crippen LogP) is 1.86. The number of nitrogens with zero attached hydrogens (tertiary/aromatic N) is 2. The average Bonchev–Trinajstić information content (AvgIpc) is 2.78. The smallest absolute Gasteiger partial charge is 0.316 e. The lowest BCUT2D eigenvalue weighted by Gasteiger charge is -2.31. The molecular formula is C24H28N4O4. The summed E-state index contributed by atoms with van der Waals surface area (Å²) in [4.78, 5) is 41.5. The van der Waals surface area contributed by atoms with Gasteiger partial charge in [0.15, 0.2) is 0 Å². The molecule has 1 aliphatic rings. The first-order valence-corrected chi connectivity index (χ1v) is 10.9. The third-order valence-electron chi connectivity index (χ3n) is 5.73. The van der Waals surface area contributed by atoms with Gasteiger partial charge in [-0.25, -0.2) is 0 Å². The van der Waals surface area contributed by atoms with Gasteiger partial charge in [0.2, 0.25) is 0 Å². The van der Waals surface area contributed by atoms with Crippen molar-refractivity contribution in [2.75, 3.05) is 19.7 Å². The second kappa shape index (κ2) is 9.50. The van der Waals surface area contributed by atoms with Crippen LogP contribution in [-0.2, 0) is 24.4 Å². The summed E-state index contributed by atoms with van der Waals surface area (Å²) in [6.45, 7) is 8.10. The Hall–Kier alpha value is -3.23. The molecule has 0 bridgehead atoms. The van der Waals surface area contributed by atoms with Crippen molar-refractivity contribution in [2.24, 2.45) is 0 Å². The van der Waals surface area contributed by atoms with Gasteiger partial charge in [0.05, 0.1) is 23.7 Å². The maximum Gasteiger partial charge on any atom is 0.316 e. The van der Waals surface area contributed by atoms with E-state index in [0.29, 0.717) is 29.7 Å². The maximum absolute atomic E-state index is 12.7. The molecule has 1 aromatic heterocycles. The van der Waals surface area contributed by atoms with Crippen LogP contribution in [-0.4, -0.2) is 46.2 Å². The van der Waals surface area contributed by atoms with Crippen LogP contribution in [0.25, 0.3) is 11.0 Å². The summed E-state index contributed by atoms with van der Waals surface area (Å²) in [5.41, 5.74) is 2.42. The van der Waals surface area contributed by atoms with E-state index in [2.05, 4.69) is 34.3 Å². The Morgan fingerprint density at radius 2 is 2.00 bits per heavy atom. The van der Waals surface area contributed by atoms with Gasteiger partial charge in [-0.2, -0.15) is 0 Å².